The predicted octanol–water partition coefficient (Wildman–Crippen LogP) is 3.60. The van der Waals surface area contributed by atoms with Crippen molar-refractivity contribution >= 4 is 22.4 Å². The summed E-state index contributed by atoms with van der Waals surface area (Å²) in [4.78, 5) is 9.01. The van der Waals surface area contributed by atoms with E-state index >= 15 is 0 Å². The SMILES string of the molecule is c1cnc2c(c1)CN=C2Nc1ccc2c(cnn2CC2CCC2)c1. The molecule has 3 aromatic rings. The van der Waals surface area contributed by atoms with Crippen LogP contribution in [0.25, 0.3) is 10.9 Å². The van der Waals surface area contributed by atoms with E-state index in [1.165, 1.54) is 35.7 Å². The lowest BCUT2D eigenvalue weighted by Gasteiger charge is -2.25. The molecule has 5 heteroatoms. The molecule has 1 aliphatic carbocycles. The number of fused-ring (bicyclic) bond motifs is 2. The van der Waals surface area contributed by atoms with Gasteiger partial charge in [0.15, 0.2) is 5.84 Å². The quantitative estimate of drug-likeness (QED) is 0.803. The molecule has 0 bridgehead atoms. The first kappa shape index (κ1) is 13.7. The molecule has 5 nitrogen and oxygen atoms in total. The molecule has 0 amide bonds. The number of rotatable bonds is 3. The van der Waals surface area contributed by atoms with E-state index in [2.05, 4.69) is 49.3 Å². The van der Waals surface area contributed by atoms with Crippen LogP contribution in [0.15, 0.2) is 47.7 Å². The molecule has 1 saturated carbocycles. The van der Waals surface area contributed by atoms with E-state index in [0.717, 1.165) is 29.7 Å². The maximum Gasteiger partial charge on any atom is 0.152 e. The lowest BCUT2D eigenvalue weighted by Crippen LogP contribution is -2.18. The van der Waals surface area contributed by atoms with Crippen LogP contribution in [-0.2, 0) is 13.1 Å². The number of hydrogen-bond donors (Lipinski definition) is 1. The molecule has 0 saturated heterocycles. The summed E-state index contributed by atoms with van der Waals surface area (Å²) in [5.74, 6) is 1.66. The fourth-order valence-electron chi connectivity index (χ4n) is 3.48. The van der Waals surface area contributed by atoms with E-state index in [0.29, 0.717) is 6.54 Å². The molecule has 0 radical (unpaired) electrons. The van der Waals surface area contributed by atoms with Gasteiger partial charge >= 0.3 is 0 Å². The first-order chi connectivity index (χ1) is 11.9. The second-order valence-corrected chi connectivity index (χ2v) is 6.70. The molecule has 1 fully saturated rings. The summed E-state index contributed by atoms with van der Waals surface area (Å²) in [7, 11) is 0. The van der Waals surface area contributed by atoms with Gasteiger partial charge in [-0.25, -0.2) is 0 Å². The Morgan fingerprint density at radius 1 is 1.21 bits per heavy atom. The minimum atomic E-state index is 0.701. The van der Waals surface area contributed by atoms with Gasteiger partial charge in [-0.15, -0.1) is 0 Å². The van der Waals surface area contributed by atoms with E-state index in [1.807, 2.05) is 18.5 Å². The molecule has 24 heavy (non-hydrogen) atoms. The highest BCUT2D eigenvalue weighted by molar-refractivity contribution is 6.09. The van der Waals surface area contributed by atoms with Gasteiger partial charge in [-0.3, -0.25) is 14.7 Å². The second-order valence-electron chi connectivity index (χ2n) is 6.70. The third-order valence-electron chi connectivity index (χ3n) is 5.08. The van der Waals surface area contributed by atoms with Crippen molar-refractivity contribution in [2.75, 3.05) is 5.32 Å². The van der Waals surface area contributed by atoms with Crippen molar-refractivity contribution in [1.82, 2.24) is 14.8 Å². The van der Waals surface area contributed by atoms with Gasteiger partial charge in [-0.1, -0.05) is 12.5 Å². The third kappa shape index (κ3) is 2.28. The van der Waals surface area contributed by atoms with Gasteiger partial charge in [0.05, 0.1) is 18.3 Å². The summed E-state index contributed by atoms with van der Waals surface area (Å²) < 4.78 is 2.15. The van der Waals surface area contributed by atoms with Gasteiger partial charge in [0.25, 0.3) is 0 Å². The average Bonchev–Trinajstić information content (AvgIpc) is 3.15. The normalized spacial score (nSPS) is 16.8. The number of hydrogen-bond acceptors (Lipinski definition) is 4. The van der Waals surface area contributed by atoms with Gasteiger partial charge in [0.2, 0.25) is 0 Å². The third-order valence-corrected chi connectivity index (χ3v) is 5.08. The topological polar surface area (TPSA) is 55.1 Å². The fraction of sp³-hybridized carbons (Fsp3) is 0.316. The Hall–Kier alpha value is -2.69. The Morgan fingerprint density at radius 2 is 2.17 bits per heavy atom. The van der Waals surface area contributed by atoms with Crippen LogP contribution in [0.3, 0.4) is 0 Å². The first-order valence-electron chi connectivity index (χ1n) is 8.58. The zero-order chi connectivity index (χ0) is 15.9. The second kappa shape index (κ2) is 5.44. The Bertz CT molecular complexity index is 936. The number of benzene rings is 1. The number of aromatic nitrogens is 3. The smallest absolute Gasteiger partial charge is 0.152 e. The summed E-state index contributed by atoms with van der Waals surface area (Å²) in [6.45, 7) is 1.74. The van der Waals surface area contributed by atoms with Gasteiger partial charge in [0.1, 0.15) is 5.69 Å². The maximum absolute atomic E-state index is 4.57. The largest absolute Gasteiger partial charge is 0.339 e. The Kier molecular flexibility index (Phi) is 3.11. The summed E-state index contributed by atoms with van der Waals surface area (Å²) in [5, 5.41) is 9.15. The molecular formula is C19H19N5. The molecule has 1 aliphatic heterocycles. The highest BCUT2D eigenvalue weighted by Crippen LogP contribution is 2.29. The molecule has 120 valence electrons. The molecule has 2 aromatic heterocycles. The van der Waals surface area contributed by atoms with Crippen LogP contribution < -0.4 is 5.32 Å². The molecule has 1 N–H and O–H groups in total. The number of nitrogens with one attached hydrogen (secondary N) is 1. The van der Waals surface area contributed by atoms with Crippen molar-refractivity contribution in [2.45, 2.75) is 32.4 Å². The minimum Gasteiger partial charge on any atom is -0.339 e. The van der Waals surface area contributed by atoms with Crippen molar-refractivity contribution in [3.8, 4) is 0 Å². The van der Waals surface area contributed by atoms with E-state index in [4.69, 9.17) is 0 Å². The zero-order valence-electron chi connectivity index (χ0n) is 13.4. The van der Waals surface area contributed by atoms with E-state index < -0.39 is 0 Å². The Balaban J connectivity index is 1.40. The monoisotopic (exact) mass is 317 g/mol. The molecule has 0 unspecified atom stereocenters. The molecule has 3 heterocycles. The Labute approximate surface area is 140 Å². The van der Waals surface area contributed by atoms with Gasteiger partial charge in [0, 0.05) is 29.4 Å². The fourth-order valence-corrected chi connectivity index (χ4v) is 3.48. The molecule has 5 rings (SSSR count). The molecule has 0 atom stereocenters. The predicted molar refractivity (Wildman–Crippen MR) is 95.2 cm³/mol. The maximum atomic E-state index is 4.57. The van der Waals surface area contributed by atoms with Crippen LogP contribution in [0.1, 0.15) is 30.5 Å². The van der Waals surface area contributed by atoms with Crippen molar-refractivity contribution in [3.63, 3.8) is 0 Å². The zero-order valence-corrected chi connectivity index (χ0v) is 13.4. The van der Waals surface area contributed by atoms with Crippen molar-refractivity contribution < 1.29 is 0 Å². The van der Waals surface area contributed by atoms with Crippen LogP contribution in [0.4, 0.5) is 5.69 Å². The van der Waals surface area contributed by atoms with Gasteiger partial charge < -0.3 is 5.32 Å². The minimum absolute atomic E-state index is 0.701. The molecule has 0 spiro atoms. The number of amidine groups is 1. The summed E-state index contributed by atoms with van der Waals surface area (Å²) >= 11 is 0. The van der Waals surface area contributed by atoms with Crippen molar-refractivity contribution in [1.29, 1.82) is 0 Å². The van der Waals surface area contributed by atoms with E-state index in [1.54, 1.807) is 0 Å². The van der Waals surface area contributed by atoms with Crippen molar-refractivity contribution in [3.05, 3.63) is 54.0 Å². The van der Waals surface area contributed by atoms with Crippen LogP contribution >= 0.6 is 0 Å². The van der Waals surface area contributed by atoms with Crippen molar-refractivity contribution in [2.24, 2.45) is 10.9 Å². The molecule has 1 aromatic carbocycles. The standard InChI is InChI=1S/C19H19N5/c1-3-13(4-1)12-24-17-7-6-16(9-15(17)11-22-24)23-19-18-14(10-21-19)5-2-8-20-18/h2,5-9,11,13H,1,3-4,10,12H2,(H,21,23). The molecular weight excluding hydrogens is 298 g/mol. The summed E-state index contributed by atoms with van der Waals surface area (Å²) in [5.41, 5.74) is 4.37. The summed E-state index contributed by atoms with van der Waals surface area (Å²) in [6.07, 6.45) is 7.83. The number of nitrogens with zero attached hydrogens (tertiary/aromatic N) is 4. The average molecular weight is 317 g/mol. The van der Waals surface area contributed by atoms with Crippen LogP contribution in [0.2, 0.25) is 0 Å². The molecule has 2 aliphatic rings. The highest BCUT2D eigenvalue weighted by Gasteiger charge is 2.20. The van der Waals surface area contributed by atoms with Gasteiger partial charge in [-0.05, 0) is 43.0 Å². The Morgan fingerprint density at radius 3 is 3.04 bits per heavy atom. The number of anilines is 1. The summed E-state index contributed by atoms with van der Waals surface area (Å²) in [6, 6.07) is 10.4. The lowest BCUT2D eigenvalue weighted by molar-refractivity contribution is 0.270. The van der Waals surface area contributed by atoms with E-state index in [9.17, 15) is 0 Å². The van der Waals surface area contributed by atoms with Crippen LogP contribution in [0.5, 0.6) is 0 Å². The highest BCUT2D eigenvalue weighted by atomic mass is 15.3. The number of pyridine rings is 1. The van der Waals surface area contributed by atoms with E-state index in [-0.39, 0.29) is 0 Å². The van der Waals surface area contributed by atoms with Gasteiger partial charge in [-0.2, -0.15) is 5.10 Å². The number of aliphatic imine (C=N–C) groups is 1. The van der Waals surface area contributed by atoms with Crippen LogP contribution in [-0.4, -0.2) is 20.6 Å². The van der Waals surface area contributed by atoms with Crippen LogP contribution in [0, 0.1) is 5.92 Å². The first-order valence-corrected chi connectivity index (χ1v) is 8.58. The lowest BCUT2D eigenvalue weighted by atomic mass is 9.85.